The standard InChI is InChI=1S/C24H28N2O4/c1-6-11-30-20-9-7-19(14-21(20)29-5)8-10-22(27)25-15-23(28)26-24-17(3)12-16(2)13-18(24)4/h6-10,12-14H,1,11,15H2,2-5H3,(H,25,27)(H,26,28)/b10-8+. The number of ether oxygens (including phenoxy) is 2. The Morgan fingerprint density at radius 1 is 1.07 bits per heavy atom. The van der Waals surface area contributed by atoms with Crippen LogP contribution >= 0.6 is 0 Å². The quantitative estimate of drug-likeness (QED) is 0.487. The van der Waals surface area contributed by atoms with Crippen molar-refractivity contribution in [3.8, 4) is 11.5 Å². The lowest BCUT2D eigenvalue weighted by Gasteiger charge is -2.13. The first-order valence-corrected chi connectivity index (χ1v) is 9.59. The highest BCUT2D eigenvalue weighted by atomic mass is 16.5. The molecule has 0 aromatic heterocycles. The second-order valence-electron chi connectivity index (χ2n) is 6.88. The summed E-state index contributed by atoms with van der Waals surface area (Å²) in [6.45, 7) is 9.76. The molecule has 158 valence electrons. The first-order valence-electron chi connectivity index (χ1n) is 9.59. The van der Waals surface area contributed by atoms with E-state index < -0.39 is 0 Å². The molecule has 0 heterocycles. The van der Waals surface area contributed by atoms with Gasteiger partial charge in [-0.05, 0) is 55.7 Å². The molecular formula is C24H28N2O4. The molecule has 2 aromatic rings. The molecule has 0 atom stereocenters. The Kier molecular flexibility index (Phi) is 8.23. The average molecular weight is 408 g/mol. The van der Waals surface area contributed by atoms with Gasteiger partial charge in [-0.3, -0.25) is 9.59 Å². The molecule has 2 N–H and O–H groups in total. The maximum absolute atomic E-state index is 12.2. The van der Waals surface area contributed by atoms with E-state index >= 15 is 0 Å². The van der Waals surface area contributed by atoms with Crippen molar-refractivity contribution >= 4 is 23.6 Å². The first kappa shape index (κ1) is 22.7. The van der Waals surface area contributed by atoms with Gasteiger partial charge in [-0.2, -0.15) is 0 Å². The number of nitrogens with one attached hydrogen (secondary N) is 2. The molecule has 6 heteroatoms. The van der Waals surface area contributed by atoms with E-state index in [4.69, 9.17) is 9.47 Å². The highest BCUT2D eigenvalue weighted by Gasteiger charge is 2.09. The van der Waals surface area contributed by atoms with E-state index in [1.165, 1.54) is 6.08 Å². The van der Waals surface area contributed by atoms with E-state index in [9.17, 15) is 9.59 Å². The Hall–Kier alpha value is -3.54. The molecule has 2 aromatic carbocycles. The fourth-order valence-electron chi connectivity index (χ4n) is 3.01. The van der Waals surface area contributed by atoms with Crippen molar-refractivity contribution in [2.75, 3.05) is 25.6 Å². The second-order valence-corrected chi connectivity index (χ2v) is 6.88. The maximum atomic E-state index is 12.2. The molecule has 0 aliphatic heterocycles. The molecule has 2 amide bonds. The number of anilines is 1. The number of benzene rings is 2. The van der Waals surface area contributed by atoms with E-state index in [-0.39, 0.29) is 18.4 Å². The fourth-order valence-corrected chi connectivity index (χ4v) is 3.01. The zero-order chi connectivity index (χ0) is 22.1. The van der Waals surface area contributed by atoms with Crippen molar-refractivity contribution in [2.24, 2.45) is 0 Å². The molecule has 2 rings (SSSR count). The molecule has 0 bridgehead atoms. The van der Waals surface area contributed by atoms with Gasteiger partial charge in [0.15, 0.2) is 11.5 Å². The Labute approximate surface area is 177 Å². The molecule has 6 nitrogen and oxygen atoms in total. The molecule has 0 aliphatic carbocycles. The van der Waals surface area contributed by atoms with Crippen LogP contribution in [0, 0.1) is 20.8 Å². The molecule has 0 aliphatic rings. The Morgan fingerprint density at radius 2 is 1.77 bits per heavy atom. The number of hydrogen-bond donors (Lipinski definition) is 2. The van der Waals surface area contributed by atoms with Gasteiger partial charge in [0.05, 0.1) is 13.7 Å². The van der Waals surface area contributed by atoms with Gasteiger partial charge < -0.3 is 20.1 Å². The zero-order valence-corrected chi connectivity index (χ0v) is 17.9. The molecule has 0 unspecified atom stereocenters. The number of aryl methyl sites for hydroxylation is 3. The molecule has 0 spiro atoms. The van der Waals surface area contributed by atoms with Crippen LogP contribution in [0.4, 0.5) is 5.69 Å². The van der Waals surface area contributed by atoms with Crippen LogP contribution in [0.3, 0.4) is 0 Å². The van der Waals surface area contributed by atoms with Crippen molar-refractivity contribution < 1.29 is 19.1 Å². The minimum absolute atomic E-state index is 0.117. The summed E-state index contributed by atoms with van der Waals surface area (Å²) in [6, 6.07) is 9.34. The van der Waals surface area contributed by atoms with Crippen LogP contribution in [0.15, 0.2) is 49.1 Å². The lowest BCUT2D eigenvalue weighted by Crippen LogP contribution is -2.32. The predicted octanol–water partition coefficient (Wildman–Crippen LogP) is 3.95. The monoisotopic (exact) mass is 408 g/mol. The molecule has 0 radical (unpaired) electrons. The van der Waals surface area contributed by atoms with Gasteiger partial charge in [0.1, 0.15) is 6.61 Å². The van der Waals surface area contributed by atoms with Crippen LogP contribution in [-0.2, 0) is 9.59 Å². The smallest absolute Gasteiger partial charge is 0.244 e. The average Bonchev–Trinajstić information content (AvgIpc) is 2.71. The van der Waals surface area contributed by atoms with E-state index in [1.807, 2.05) is 32.9 Å². The first-order chi connectivity index (χ1) is 14.3. The van der Waals surface area contributed by atoms with Gasteiger partial charge in [0.2, 0.25) is 11.8 Å². The van der Waals surface area contributed by atoms with Gasteiger partial charge in [-0.25, -0.2) is 0 Å². The van der Waals surface area contributed by atoms with Crippen LogP contribution in [0.1, 0.15) is 22.3 Å². The predicted molar refractivity (Wildman–Crippen MR) is 120 cm³/mol. The zero-order valence-electron chi connectivity index (χ0n) is 17.9. The van der Waals surface area contributed by atoms with E-state index in [0.717, 1.165) is 27.9 Å². The summed E-state index contributed by atoms with van der Waals surface area (Å²) in [5, 5.41) is 5.44. The molecule has 30 heavy (non-hydrogen) atoms. The van der Waals surface area contributed by atoms with Gasteiger partial charge in [-0.15, -0.1) is 0 Å². The number of carbonyl (C=O) groups excluding carboxylic acids is 2. The third-order valence-corrected chi connectivity index (χ3v) is 4.34. The van der Waals surface area contributed by atoms with Crippen LogP contribution in [0.25, 0.3) is 6.08 Å². The van der Waals surface area contributed by atoms with Gasteiger partial charge >= 0.3 is 0 Å². The maximum Gasteiger partial charge on any atom is 0.244 e. The van der Waals surface area contributed by atoms with Crippen molar-refractivity contribution in [3.05, 3.63) is 71.3 Å². The summed E-state index contributed by atoms with van der Waals surface area (Å²) >= 11 is 0. The fraction of sp³-hybridized carbons (Fsp3) is 0.250. The second kappa shape index (κ2) is 10.9. The molecule has 0 saturated heterocycles. The van der Waals surface area contributed by atoms with Crippen molar-refractivity contribution in [1.29, 1.82) is 0 Å². The van der Waals surface area contributed by atoms with Crippen molar-refractivity contribution in [3.63, 3.8) is 0 Å². The number of rotatable bonds is 9. The van der Waals surface area contributed by atoms with Crippen LogP contribution in [0.2, 0.25) is 0 Å². The lowest BCUT2D eigenvalue weighted by atomic mass is 10.1. The normalized spacial score (nSPS) is 10.5. The van der Waals surface area contributed by atoms with E-state index in [0.29, 0.717) is 18.1 Å². The number of amides is 2. The number of methoxy groups -OCH3 is 1. The van der Waals surface area contributed by atoms with Crippen LogP contribution < -0.4 is 20.1 Å². The summed E-state index contributed by atoms with van der Waals surface area (Å²) in [7, 11) is 1.55. The van der Waals surface area contributed by atoms with Crippen LogP contribution in [0.5, 0.6) is 11.5 Å². The summed E-state index contributed by atoms with van der Waals surface area (Å²) in [6.07, 6.45) is 4.66. The molecule has 0 fully saturated rings. The third-order valence-electron chi connectivity index (χ3n) is 4.34. The highest BCUT2D eigenvalue weighted by molar-refractivity contribution is 5.98. The van der Waals surface area contributed by atoms with Gasteiger partial charge in [0.25, 0.3) is 0 Å². The SMILES string of the molecule is C=CCOc1ccc(/C=C/C(=O)NCC(=O)Nc2c(C)cc(C)cc2C)cc1OC. The summed E-state index contributed by atoms with van der Waals surface area (Å²) in [4.78, 5) is 24.3. The van der Waals surface area contributed by atoms with Crippen LogP contribution in [-0.4, -0.2) is 32.1 Å². The van der Waals surface area contributed by atoms with Gasteiger partial charge in [-0.1, -0.05) is 36.4 Å². The third kappa shape index (κ3) is 6.51. The molecular weight excluding hydrogens is 380 g/mol. The van der Waals surface area contributed by atoms with Gasteiger partial charge in [0, 0.05) is 11.8 Å². The van der Waals surface area contributed by atoms with Crippen molar-refractivity contribution in [2.45, 2.75) is 20.8 Å². The summed E-state index contributed by atoms with van der Waals surface area (Å²) in [5.41, 5.74) is 4.66. The summed E-state index contributed by atoms with van der Waals surface area (Å²) < 4.78 is 10.8. The highest BCUT2D eigenvalue weighted by Crippen LogP contribution is 2.28. The van der Waals surface area contributed by atoms with Crippen molar-refractivity contribution in [1.82, 2.24) is 5.32 Å². The lowest BCUT2D eigenvalue weighted by molar-refractivity contribution is -0.121. The molecule has 0 saturated carbocycles. The topological polar surface area (TPSA) is 76.7 Å². The minimum atomic E-state index is -0.367. The van der Waals surface area contributed by atoms with E-state index in [1.54, 1.807) is 37.5 Å². The number of hydrogen-bond acceptors (Lipinski definition) is 4. The Morgan fingerprint density at radius 3 is 2.40 bits per heavy atom. The minimum Gasteiger partial charge on any atom is -0.493 e. The Bertz CT molecular complexity index is 941. The van der Waals surface area contributed by atoms with E-state index in [2.05, 4.69) is 17.2 Å². The Balaban J connectivity index is 1.92. The summed E-state index contributed by atoms with van der Waals surface area (Å²) in [5.74, 6) is 0.505. The largest absolute Gasteiger partial charge is 0.493 e. The number of carbonyl (C=O) groups is 2.